The Kier molecular flexibility index (Phi) is 39.1. The molecule has 0 radical (unpaired) electrons. The molecule has 0 spiro atoms. The first kappa shape index (κ1) is 106. The molecule has 0 aromatic rings. The SMILES string of the molecule is CC(=O)N[C@H]1[C@H](O[C@H]2[C@@H](OC(C)=O)[C@@H](COC(C)=O)O[C@@H](O[C@H]3[C@H](O[C@@H]4O[C@@H](C)[C@@H](OC(C)=O)[C@@H](OC(C)=O)[C@@H]4OC(C)=O)[C@@H](O)[C@H](O)O[C@@H]3COC(C)=O)[C@@H]2OC(C)=O)O[C@H](COC(C)=O)[C@@H](O[C@@H]2O[C@H](COC(C)=O)[C@H](OC(C)=O)[C@H](OC(C)=O)[C@H]2O[C@@H]2O[C@@H](C)[C@@H](OC(C)=O)[C@@H](OC(C)=O)[C@@H]2OC(C)=O)[C@@H]1O[C@@H]1O[C@@H](C)[C@@H](OC(C)=O)[C@@H](OC(C)=O)[C@@H]1OC(C)=O. The van der Waals surface area contributed by atoms with Crippen LogP contribution in [0.15, 0.2) is 0 Å². The number of ether oxygens (including phenoxy) is 30. The first-order valence-corrected chi connectivity index (χ1v) is 40.2. The maximum Gasteiger partial charge on any atom is 0.303 e. The van der Waals surface area contributed by atoms with Crippen LogP contribution in [0.1, 0.15) is 145 Å². The van der Waals surface area contributed by atoms with E-state index in [-0.39, 0.29) is 0 Å². The number of hydrogen-bond donors (Lipinski definition) is 3. The molecule has 0 aromatic heterocycles. The molecular formula is C78H109NO50. The van der Waals surface area contributed by atoms with Crippen molar-refractivity contribution >= 4 is 107 Å². The second kappa shape index (κ2) is 47.6. The number of aliphatic hydroxyl groups is 2. The van der Waals surface area contributed by atoms with Crippen molar-refractivity contribution in [2.45, 2.75) is 360 Å². The van der Waals surface area contributed by atoms with Gasteiger partial charge in [-0.15, -0.1) is 0 Å². The van der Waals surface area contributed by atoms with Crippen LogP contribution >= 0.6 is 0 Å². The molecule has 0 aromatic carbocycles. The fourth-order valence-electron chi connectivity index (χ4n) is 15.0. The zero-order valence-corrected chi connectivity index (χ0v) is 74.0. The number of carbonyl (C=O) groups excluding carboxylic acids is 18. The van der Waals surface area contributed by atoms with E-state index in [1.807, 2.05) is 0 Å². The first-order chi connectivity index (χ1) is 60.3. The number of carbonyl (C=O) groups is 18. The third-order valence-corrected chi connectivity index (χ3v) is 19.5. The van der Waals surface area contributed by atoms with Crippen LogP contribution < -0.4 is 5.32 Å². The molecule has 129 heavy (non-hydrogen) atoms. The van der Waals surface area contributed by atoms with Gasteiger partial charge in [0.25, 0.3) is 0 Å². The summed E-state index contributed by atoms with van der Waals surface area (Å²) < 4.78 is 182. The van der Waals surface area contributed by atoms with Crippen molar-refractivity contribution in [3.05, 3.63) is 0 Å². The molecule has 51 heteroatoms. The van der Waals surface area contributed by atoms with Crippen molar-refractivity contribution in [3.63, 3.8) is 0 Å². The van der Waals surface area contributed by atoms with Gasteiger partial charge in [-0.2, -0.15) is 0 Å². The van der Waals surface area contributed by atoms with E-state index in [2.05, 4.69) is 5.32 Å². The van der Waals surface area contributed by atoms with E-state index in [9.17, 15) is 96.5 Å². The highest BCUT2D eigenvalue weighted by atomic mass is 16.8. The molecule has 7 rings (SSSR count). The van der Waals surface area contributed by atoms with Crippen molar-refractivity contribution in [2.24, 2.45) is 0 Å². The van der Waals surface area contributed by atoms with Crippen molar-refractivity contribution < 1.29 is 239 Å². The molecule has 7 aliphatic heterocycles. The van der Waals surface area contributed by atoms with Gasteiger partial charge in [0.2, 0.25) is 5.91 Å². The van der Waals surface area contributed by atoms with Crippen LogP contribution in [-0.2, 0) is 228 Å². The number of esters is 17. The molecule has 726 valence electrons. The molecule has 0 aliphatic carbocycles. The standard InChI is InChI=1S/C78H109NO50/c1-26-53(107-34(9)85)62(112-39(14)90)67(116-43(18)94)74(104-26)126-60-51(79-29(4)80)73(121-48(23-101-31(6)82)56(60)124-78-71(65(115-42(17)93)58(110-37(12)88)49(123-78)24-102-32(7)83)129-76-69(118-45(20)96)64(114-41(16)92)55(28(3)106-76)109-36(11)87)128-66-59(111-38(13)89)50(25-103-33(8)84)122-77(70(66)119-46(21)97)125-57-47(22-100-30(5)81)120-72(99)52(98)61(57)127-75-68(117-44(19)95)63(113-40(15)91)54(27(2)105-75)108-35(10)86/h26-28,47-78,98-99H,22-25H2,1-21H3,(H,79,80)/t26-,27-,28-,47+,48+,49+,50+,51+,52+,53+,54+,55+,56+,57+,58-,59-,60+,61+,62+,63+,64+,65-,66-,67-,68-,69-,70+,71+,72+,73-,74-,75-,76-,77-,78-/m0/s1. The lowest BCUT2D eigenvalue weighted by Gasteiger charge is -2.53. The van der Waals surface area contributed by atoms with E-state index in [0.29, 0.717) is 0 Å². The molecule has 7 heterocycles. The molecule has 1 amide bonds. The zero-order valence-electron chi connectivity index (χ0n) is 74.0. The minimum Gasteiger partial charge on any atom is -0.463 e. The van der Waals surface area contributed by atoms with Crippen LogP contribution in [0.4, 0.5) is 0 Å². The highest BCUT2D eigenvalue weighted by Crippen LogP contribution is 2.44. The van der Waals surface area contributed by atoms with Crippen molar-refractivity contribution in [2.75, 3.05) is 26.4 Å². The summed E-state index contributed by atoms with van der Waals surface area (Å²) in [5.41, 5.74) is 0. The molecule has 3 N–H and O–H groups in total. The summed E-state index contributed by atoms with van der Waals surface area (Å²) in [6.07, 6.45) is -71.5. The van der Waals surface area contributed by atoms with Crippen molar-refractivity contribution in [1.29, 1.82) is 0 Å². The van der Waals surface area contributed by atoms with Gasteiger partial charge in [0.15, 0.2) is 129 Å². The van der Waals surface area contributed by atoms with Crippen molar-refractivity contribution in [3.8, 4) is 0 Å². The Morgan fingerprint density at radius 2 is 0.426 bits per heavy atom. The molecule has 35 atom stereocenters. The fraction of sp³-hybridized carbons (Fsp3) is 0.769. The van der Waals surface area contributed by atoms with E-state index in [1.165, 1.54) is 20.8 Å². The Labute approximate surface area is 735 Å². The third-order valence-electron chi connectivity index (χ3n) is 19.5. The summed E-state index contributed by atoms with van der Waals surface area (Å²) in [5.74, 6) is -20.0. The van der Waals surface area contributed by atoms with Gasteiger partial charge >= 0.3 is 101 Å². The van der Waals surface area contributed by atoms with E-state index >= 15 is 0 Å². The predicted molar refractivity (Wildman–Crippen MR) is 401 cm³/mol. The van der Waals surface area contributed by atoms with E-state index < -0.39 is 349 Å². The number of nitrogens with one attached hydrogen (secondary N) is 1. The van der Waals surface area contributed by atoms with Gasteiger partial charge in [-0.25, -0.2) is 0 Å². The number of hydrogen-bond acceptors (Lipinski definition) is 50. The Hall–Kier alpha value is -10.1. The fourth-order valence-corrected chi connectivity index (χ4v) is 15.0. The Morgan fingerprint density at radius 3 is 0.736 bits per heavy atom. The molecule has 7 fully saturated rings. The predicted octanol–water partition coefficient (Wildman–Crippen LogP) is -3.35. The lowest BCUT2D eigenvalue weighted by Crippen LogP contribution is -2.72. The van der Waals surface area contributed by atoms with Crippen LogP contribution in [0.25, 0.3) is 0 Å². The zero-order chi connectivity index (χ0) is 96.3. The maximum absolute atomic E-state index is 14.6. The molecule has 7 aliphatic rings. The minimum absolute atomic E-state index is 0.799. The molecule has 0 saturated carbocycles. The minimum atomic E-state index is -2.53. The Morgan fingerprint density at radius 1 is 0.217 bits per heavy atom. The smallest absolute Gasteiger partial charge is 0.303 e. The summed E-state index contributed by atoms with van der Waals surface area (Å²) >= 11 is 0. The van der Waals surface area contributed by atoms with Gasteiger partial charge in [-0.05, 0) is 20.8 Å². The van der Waals surface area contributed by atoms with Gasteiger partial charge in [0.1, 0.15) is 93.5 Å². The Bertz CT molecular complexity index is 4010. The second-order valence-corrected chi connectivity index (χ2v) is 30.3. The molecule has 0 bridgehead atoms. The maximum atomic E-state index is 14.6. The number of aliphatic hydroxyl groups excluding tert-OH is 2. The summed E-state index contributed by atoms with van der Waals surface area (Å²) in [6.45, 7) is 15.8. The van der Waals surface area contributed by atoms with E-state index in [0.717, 1.165) is 125 Å². The molecule has 0 unspecified atom stereocenters. The quantitative estimate of drug-likeness (QED) is 0.0419. The lowest BCUT2D eigenvalue weighted by molar-refractivity contribution is -0.403. The normalized spacial score (nSPS) is 36.0. The van der Waals surface area contributed by atoms with Gasteiger partial charge < -0.3 is 158 Å². The summed E-state index contributed by atoms with van der Waals surface area (Å²) in [4.78, 5) is 240. The Balaban J connectivity index is 1.56. The monoisotopic (exact) mass is 1860 g/mol. The first-order valence-electron chi connectivity index (χ1n) is 40.2. The van der Waals surface area contributed by atoms with Gasteiger partial charge in [0, 0.05) is 125 Å². The van der Waals surface area contributed by atoms with Gasteiger partial charge in [0.05, 0.1) is 18.3 Å². The molecule has 7 saturated heterocycles. The number of rotatable bonds is 34. The van der Waals surface area contributed by atoms with Gasteiger partial charge in [-0.3, -0.25) is 86.3 Å². The second-order valence-electron chi connectivity index (χ2n) is 30.3. The summed E-state index contributed by atoms with van der Waals surface area (Å²) in [5, 5.41) is 26.4. The average molecular weight is 1860 g/mol. The van der Waals surface area contributed by atoms with Crippen LogP contribution in [-0.4, -0.2) is 359 Å². The molecular weight excluding hydrogens is 1750 g/mol. The average Bonchev–Trinajstić information content (AvgIpc) is 0.738. The molecule has 51 nitrogen and oxygen atoms in total. The number of amides is 1. The summed E-state index contributed by atoms with van der Waals surface area (Å²) in [6, 6.07) is -2.33. The highest BCUT2D eigenvalue weighted by molar-refractivity contribution is 5.74. The largest absolute Gasteiger partial charge is 0.463 e. The highest BCUT2D eigenvalue weighted by Gasteiger charge is 2.65. The topological polar surface area (TPSA) is 637 Å². The van der Waals surface area contributed by atoms with Crippen LogP contribution in [0.5, 0.6) is 0 Å². The van der Waals surface area contributed by atoms with E-state index in [4.69, 9.17) is 142 Å². The third kappa shape index (κ3) is 29.9. The van der Waals surface area contributed by atoms with E-state index in [1.54, 1.807) is 0 Å². The van der Waals surface area contributed by atoms with Gasteiger partial charge in [-0.1, -0.05) is 0 Å². The van der Waals surface area contributed by atoms with Crippen LogP contribution in [0, 0.1) is 0 Å². The van der Waals surface area contributed by atoms with Crippen molar-refractivity contribution in [1.82, 2.24) is 5.32 Å². The van der Waals surface area contributed by atoms with Crippen LogP contribution in [0.2, 0.25) is 0 Å². The summed E-state index contributed by atoms with van der Waals surface area (Å²) in [7, 11) is 0. The van der Waals surface area contributed by atoms with Crippen LogP contribution in [0.3, 0.4) is 0 Å². The lowest BCUT2D eigenvalue weighted by atomic mass is 9.93.